The van der Waals surface area contributed by atoms with Crippen molar-refractivity contribution in [2.75, 3.05) is 19.1 Å². The number of benzene rings is 2. The van der Waals surface area contributed by atoms with Crippen LogP contribution in [0.15, 0.2) is 59.5 Å². The Morgan fingerprint density at radius 2 is 1.67 bits per heavy atom. The molecule has 2 N–H and O–H groups in total. The highest BCUT2D eigenvalue weighted by molar-refractivity contribution is 7.89. The van der Waals surface area contributed by atoms with Gasteiger partial charge in [-0.15, -0.1) is 0 Å². The maximum absolute atomic E-state index is 12.0. The summed E-state index contributed by atoms with van der Waals surface area (Å²) in [6.45, 7) is 0. The topological polar surface area (TPSA) is 78.5 Å². The highest BCUT2D eigenvalue weighted by Crippen LogP contribution is 2.12. The molecule has 0 radical (unpaired) electrons. The Bertz CT molecular complexity index is 774. The maximum atomic E-state index is 12.0. The van der Waals surface area contributed by atoms with Crippen molar-refractivity contribution in [3.63, 3.8) is 0 Å². The number of carbonyl (C=O) groups is 1. The molecular formula is C17H21N3O3S. The molecule has 0 aliphatic rings. The predicted octanol–water partition coefficient (Wildman–Crippen LogP) is 1.69. The zero-order valence-electron chi connectivity index (χ0n) is 13.7. The summed E-state index contributed by atoms with van der Waals surface area (Å²) >= 11 is 0. The van der Waals surface area contributed by atoms with Crippen molar-refractivity contribution in [1.29, 1.82) is 0 Å². The van der Waals surface area contributed by atoms with E-state index in [1.165, 1.54) is 19.2 Å². The molecule has 2 aromatic rings. The fourth-order valence-electron chi connectivity index (χ4n) is 2.17. The van der Waals surface area contributed by atoms with Crippen LogP contribution in [-0.2, 0) is 21.2 Å². The van der Waals surface area contributed by atoms with Gasteiger partial charge in [0.05, 0.1) is 10.6 Å². The fraction of sp³-hybridized carbons (Fsp3) is 0.235. The third-order valence-electron chi connectivity index (χ3n) is 3.58. The molecule has 2 rings (SSSR count). The highest BCUT2D eigenvalue weighted by Gasteiger charge is 2.11. The Balaban J connectivity index is 1.88. The van der Waals surface area contributed by atoms with Gasteiger partial charge in [0.2, 0.25) is 15.9 Å². The van der Waals surface area contributed by atoms with Crippen LogP contribution in [0.5, 0.6) is 0 Å². The average molecular weight is 347 g/mol. The van der Waals surface area contributed by atoms with Crippen LogP contribution < -0.4 is 15.2 Å². The largest absolute Gasteiger partial charge is 0.289 e. The Kier molecular flexibility index (Phi) is 5.94. The molecule has 24 heavy (non-hydrogen) atoms. The molecule has 0 fully saturated rings. The summed E-state index contributed by atoms with van der Waals surface area (Å²) in [7, 11) is -0.274. The summed E-state index contributed by atoms with van der Waals surface area (Å²) in [6, 6.07) is 16.0. The lowest BCUT2D eigenvalue weighted by Gasteiger charge is -2.20. The summed E-state index contributed by atoms with van der Waals surface area (Å²) in [6.07, 6.45) is 0.851. The Morgan fingerprint density at radius 3 is 2.25 bits per heavy atom. The zero-order chi connectivity index (χ0) is 17.6. The van der Waals surface area contributed by atoms with E-state index in [1.807, 2.05) is 30.3 Å². The number of anilines is 1. The van der Waals surface area contributed by atoms with Gasteiger partial charge in [-0.05, 0) is 43.3 Å². The van der Waals surface area contributed by atoms with E-state index in [0.29, 0.717) is 12.8 Å². The number of para-hydroxylation sites is 1. The Hall–Kier alpha value is -2.38. The minimum absolute atomic E-state index is 0.103. The Labute approximate surface area is 142 Å². The van der Waals surface area contributed by atoms with Crippen LogP contribution in [-0.4, -0.2) is 28.4 Å². The first-order valence-corrected chi connectivity index (χ1v) is 9.01. The molecule has 0 aliphatic heterocycles. The maximum Gasteiger partial charge on any atom is 0.240 e. The third-order valence-corrected chi connectivity index (χ3v) is 5.01. The molecule has 0 heterocycles. The van der Waals surface area contributed by atoms with Gasteiger partial charge in [0.1, 0.15) is 0 Å². The lowest BCUT2D eigenvalue weighted by atomic mass is 10.1. The molecule has 0 aliphatic carbocycles. The lowest BCUT2D eigenvalue weighted by Crippen LogP contribution is -2.39. The fourth-order valence-corrected chi connectivity index (χ4v) is 2.90. The highest BCUT2D eigenvalue weighted by atomic mass is 32.2. The molecule has 0 aromatic heterocycles. The summed E-state index contributed by atoms with van der Waals surface area (Å²) in [5.41, 5.74) is 4.60. The van der Waals surface area contributed by atoms with Gasteiger partial charge in [-0.2, -0.15) is 0 Å². The van der Waals surface area contributed by atoms with Gasteiger partial charge in [0.25, 0.3) is 0 Å². The normalized spacial score (nSPS) is 11.1. The van der Waals surface area contributed by atoms with Crippen LogP contribution in [0.1, 0.15) is 12.0 Å². The number of hydrogen-bond acceptors (Lipinski definition) is 4. The first-order chi connectivity index (χ1) is 11.4. The number of sulfonamides is 1. The molecule has 0 spiro atoms. The minimum Gasteiger partial charge on any atom is -0.289 e. The van der Waals surface area contributed by atoms with Crippen LogP contribution in [0.2, 0.25) is 0 Å². The van der Waals surface area contributed by atoms with Crippen molar-refractivity contribution in [2.24, 2.45) is 0 Å². The molecule has 0 saturated heterocycles. The van der Waals surface area contributed by atoms with Crippen LogP contribution in [0, 0.1) is 0 Å². The van der Waals surface area contributed by atoms with Crippen LogP contribution in [0.4, 0.5) is 5.69 Å². The molecule has 6 nitrogen and oxygen atoms in total. The number of carbonyl (C=O) groups excluding carboxylic acids is 1. The number of hydrogen-bond donors (Lipinski definition) is 2. The summed E-state index contributed by atoms with van der Waals surface area (Å²) in [4.78, 5) is 12.2. The quantitative estimate of drug-likeness (QED) is 0.747. The molecule has 1 amide bonds. The van der Waals surface area contributed by atoms with Gasteiger partial charge in [-0.25, -0.2) is 13.1 Å². The van der Waals surface area contributed by atoms with Gasteiger partial charge in [-0.1, -0.05) is 30.3 Å². The van der Waals surface area contributed by atoms with Crippen molar-refractivity contribution in [2.45, 2.75) is 17.7 Å². The number of hydrazine groups is 1. The van der Waals surface area contributed by atoms with E-state index in [2.05, 4.69) is 10.1 Å². The number of rotatable bonds is 7. The summed E-state index contributed by atoms with van der Waals surface area (Å²) in [5, 5.41) is 1.67. The lowest BCUT2D eigenvalue weighted by molar-refractivity contribution is -0.121. The minimum atomic E-state index is -3.43. The standard InChI is InChI=1S/C17H21N3O3S/c1-18-24(22,23)16-11-8-14(9-12-16)10-13-17(21)19-20(2)15-6-4-3-5-7-15/h3-9,11-12,18H,10,13H2,1-2H3,(H,19,21). The summed E-state index contributed by atoms with van der Waals surface area (Å²) in [5.74, 6) is -0.103. The van der Waals surface area contributed by atoms with Crippen molar-refractivity contribution in [3.05, 3.63) is 60.2 Å². The zero-order valence-corrected chi connectivity index (χ0v) is 14.5. The first-order valence-electron chi connectivity index (χ1n) is 7.53. The van der Waals surface area contributed by atoms with Gasteiger partial charge in [-0.3, -0.25) is 15.2 Å². The molecule has 0 unspecified atom stereocenters. The van der Waals surface area contributed by atoms with E-state index in [-0.39, 0.29) is 10.8 Å². The average Bonchev–Trinajstić information content (AvgIpc) is 2.61. The Morgan fingerprint density at radius 1 is 1.04 bits per heavy atom. The number of nitrogens with zero attached hydrogens (tertiary/aromatic N) is 1. The van der Waals surface area contributed by atoms with Crippen molar-refractivity contribution >= 4 is 21.6 Å². The van der Waals surface area contributed by atoms with Crippen molar-refractivity contribution in [1.82, 2.24) is 10.1 Å². The van der Waals surface area contributed by atoms with E-state index in [0.717, 1.165) is 11.3 Å². The molecule has 7 heteroatoms. The molecule has 0 atom stereocenters. The van der Waals surface area contributed by atoms with Gasteiger partial charge >= 0.3 is 0 Å². The van der Waals surface area contributed by atoms with E-state index >= 15 is 0 Å². The molecule has 0 saturated carbocycles. The SMILES string of the molecule is CNS(=O)(=O)c1ccc(CCC(=O)NN(C)c2ccccc2)cc1. The van der Waals surface area contributed by atoms with Crippen molar-refractivity contribution < 1.29 is 13.2 Å². The number of nitrogens with one attached hydrogen (secondary N) is 2. The first kappa shape index (κ1) is 18.0. The van der Waals surface area contributed by atoms with Gasteiger partial charge in [0, 0.05) is 13.5 Å². The third kappa shape index (κ3) is 4.81. The number of aryl methyl sites for hydroxylation is 1. The van der Waals surface area contributed by atoms with Crippen LogP contribution in [0.25, 0.3) is 0 Å². The van der Waals surface area contributed by atoms with E-state index in [4.69, 9.17) is 0 Å². The smallest absolute Gasteiger partial charge is 0.240 e. The van der Waals surface area contributed by atoms with Crippen LogP contribution in [0.3, 0.4) is 0 Å². The molecule has 128 valence electrons. The predicted molar refractivity (Wildman–Crippen MR) is 94.0 cm³/mol. The van der Waals surface area contributed by atoms with Crippen molar-refractivity contribution in [3.8, 4) is 0 Å². The van der Waals surface area contributed by atoms with E-state index in [9.17, 15) is 13.2 Å². The molecule has 2 aromatic carbocycles. The second kappa shape index (κ2) is 7.94. The monoisotopic (exact) mass is 347 g/mol. The van der Waals surface area contributed by atoms with E-state index < -0.39 is 10.0 Å². The summed E-state index contributed by atoms with van der Waals surface area (Å²) < 4.78 is 25.6. The number of amides is 1. The van der Waals surface area contributed by atoms with E-state index in [1.54, 1.807) is 24.2 Å². The second-order valence-electron chi connectivity index (χ2n) is 5.28. The molecular weight excluding hydrogens is 326 g/mol. The van der Waals surface area contributed by atoms with Gasteiger partial charge in [0.15, 0.2) is 0 Å². The van der Waals surface area contributed by atoms with Gasteiger partial charge < -0.3 is 0 Å². The molecule has 0 bridgehead atoms. The second-order valence-corrected chi connectivity index (χ2v) is 7.17. The van der Waals surface area contributed by atoms with Crippen LogP contribution >= 0.6 is 0 Å².